The van der Waals surface area contributed by atoms with Crippen LogP contribution in [0.3, 0.4) is 0 Å². The number of rotatable bonds is 8. The van der Waals surface area contributed by atoms with Crippen molar-refractivity contribution in [2.24, 2.45) is 11.7 Å². The Kier molecular flexibility index (Phi) is 7.22. The maximum absolute atomic E-state index is 11.7. The monoisotopic (exact) mass is 289 g/mol. The van der Waals surface area contributed by atoms with Crippen LogP contribution in [0.15, 0.2) is 0 Å². The summed E-state index contributed by atoms with van der Waals surface area (Å²) >= 11 is 0. The van der Waals surface area contributed by atoms with Gasteiger partial charge in [0.25, 0.3) is 0 Å². The molecule has 0 aliphatic carbocycles. The first-order chi connectivity index (χ1) is 9.15. The normalized spacial score (nSPS) is 13.4. The number of carbonyl (C=O) groups excluding carboxylic acids is 2. The molecular formula is C11H19N3O6. The van der Waals surface area contributed by atoms with Crippen LogP contribution < -0.4 is 16.4 Å². The first-order valence-corrected chi connectivity index (χ1v) is 5.92. The van der Waals surface area contributed by atoms with Crippen LogP contribution in [0.5, 0.6) is 0 Å². The minimum Gasteiger partial charge on any atom is -0.481 e. The fraction of sp³-hybridized carbons (Fsp3) is 0.636. The zero-order valence-corrected chi connectivity index (χ0v) is 11.3. The first kappa shape index (κ1) is 17.8. The van der Waals surface area contributed by atoms with Crippen molar-refractivity contribution >= 4 is 23.8 Å². The summed E-state index contributed by atoms with van der Waals surface area (Å²) in [6, 6.07) is -2.26. The summed E-state index contributed by atoms with van der Waals surface area (Å²) in [6.07, 6.45) is -0.665. The fourth-order valence-electron chi connectivity index (χ4n) is 1.24. The van der Waals surface area contributed by atoms with Crippen molar-refractivity contribution in [3.05, 3.63) is 0 Å². The van der Waals surface area contributed by atoms with Crippen molar-refractivity contribution in [3.8, 4) is 0 Å². The van der Waals surface area contributed by atoms with Gasteiger partial charge in [0.15, 0.2) is 0 Å². The van der Waals surface area contributed by atoms with Crippen LogP contribution in [-0.4, -0.2) is 52.6 Å². The highest BCUT2D eigenvalue weighted by atomic mass is 16.4. The van der Waals surface area contributed by atoms with Crippen molar-refractivity contribution in [3.63, 3.8) is 0 Å². The Bertz CT molecular complexity index is 396. The smallest absolute Gasteiger partial charge is 0.322 e. The third kappa shape index (κ3) is 6.69. The van der Waals surface area contributed by atoms with Crippen molar-refractivity contribution in [2.75, 3.05) is 6.54 Å². The van der Waals surface area contributed by atoms with Gasteiger partial charge in [0.05, 0.1) is 12.5 Å². The number of hydrogen-bond donors (Lipinski definition) is 5. The van der Waals surface area contributed by atoms with Crippen molar-refractivity contribution < 1.29 is 29.4 Å². The molecule has 0 aromatic heterocycles. The Morgan fingerprint density at radius 2 is 1.60 bits per heavy atom. The highest BCUT2D eigenvalue weighted by Crippen LogP contribution is 2.00. The van der Waals surface area contributed by atoms with Crippen molar-refractivity contribution in [2.45, 2.75) is 32.4 Å². The maximum Gasteiger partial charge on any atom is 0.322 e. The molecule has 2 amide bonds. The second-order valence-corrected chi connectivity index (χ2v) is 4.54. The molecule has 6 N–H and O–H groups in total. The predicted octanol–water partition coefficient (Wildman–Crippen LogP) is -1.87. The van der Waals surface area contributed by atoms with E-state index >= 15 is 0 Å². The molecule has 0 spiro atoms. The molecule has 2 atom stereocenters. The molecule has 0 fully saturated rings. The first-order valence-electron chi connectivity index (χ1n) is 5.92. The van der Waals surface area contributed by atoms with Crippen molar-refractivity contribution in [1.29, 1.82) is 0 Å². The van der Waals surface area contributed by atoms with E-state index in [4.69, 9.17) is 15.9 Å². The lowest BCUT2D eigenvalue weighted by Crippen LogP contribution is -2.54. The van der Waals surface area contributed by atoms with E-state index < -0.39 is 48.8 Å². The highest BCUT2D eigenvalue weighted by molar-refractivity contribution is 5.93. The standard InChI is InChI=1S/C11H19N3O6/c1-5(2)9(12)11(20)14-6(3-7(15)16)10(19)13-4-8(17)18/h5-6,9H,3-4,12H2,1-2H3,(H,13,19)(H,14,20)(H,15,16)(H,17,18)/t6-,9-/m0/s1. The number of amides is 2. The Labute approximate surface area is 115 Å². The van der Waals surface area contributed by atoms with Gasteiger partial charge in [-0.3, -0.25) is 19.2 Å². The van der Waals surface area contributed by atoms with Gasteiger partial charge in [-0.05, 0) is 5.92 Å². The zero-order chi connectivity index (χ0) is 15.9. The molecule has 0 aliphatic heterocycles. The highest BCUT2D eigenvalue weighted by Gasteiger charge is 2.27. The van der Waals surface area contributed by atoms with E-state index in [0.717, 1.165) is 0 Å². The van der Waals surface area contributed by atoms with Crippen LogP contribution >= 0.6 is 0 Å². The van der Waals surface area contributed by atoms with Gasteiger partial charge in [0.2, 0.25) is 11.8 Å². The predicted molar refractivity (Wildman–Crippen MR) is 67.6 cm³/mol. The average Bonchev–Trinajstić information content (AvgIpc) is 2.33. The summed E-state index contributed by atoms with van der Waals surface area (Å²) in [5, 5.41) is 21.3. The lowest BCUT2D eigenvalue weighted by Gasteiger charge is -2.20. The Morgan fingerprint density at radius 3 is 2.00 bits per heavy atom. The third-order valence-corrected chi connectivity index (χ3v) is 2.45. The lowest BCUT2D eigenvalue weighted by molar-refractivity contribution is -0.141. The van der Waals surface area contributed by atoms with Gasteiger partial charge in [-0.2, -0.15) is 0 Å². The number of nitrogens with one attached hydrogen (secondary N) is 2. The molecule has 0 aromatic carbocycles. The van der Waals surface area contributed by atoms with Gasteiger partial charge in [0.1, 0.15) is 12.6 Å². The number of nitrogens with two attached hydrogens (primary N) is 1. The summed E-state index contributed by atoms with van der Waals surface area (Å²) < 4.78 is 0. The summed E-state index contributed by atoms with van der Waals surface area (Å²) in [4.78, 5) is 44.3. The number of carboxylic acids is 2. The number of carbonyl (C=O) groups is 4. The van der Waals surface area contributed by atoms with E-state index in [-0.39, 0.29) is 5.92 Å². The topological polar surface area (TPSA) is 159 Å². The van der Waals surface area contributed by atoms with Crippen LogP contribution in [-0.2, 0) is 19.2 Å². The van der Waals surface area contributed by atoms with Crippen LogP contribution in [0.1, 0.15) is 20.3 Å². The van der Waals surface area contributed by atoms with Gasteiger partial charge in [-0.25, -0.2) is 0 Å². The van der Waals surface area contributed by atoms with Crippen LogP contribution in [0, 0.1) is 5.92 Å². The van der Waals surface area contributed by atoms with E-state index in [2.05, 4.69) is 5.32 Å². The summed E-state index contributed by atoms with van der Waals surface area (Å²) in [6.45, 7) is 2.73. The van der Waals surface area contributed by atoms with Gasteiger partial charge < -0.3 is 26.6 Å². The average molecular weight is 289 g/mol. The van der Waals surface area contributed by atoms with Crippen LogP contribution in [0.25, 0.3) is 0 Å². The summed E-state index contributed by atoms with van der Waals surface area (Å²) in [7, 11) is 0. The van der Waals surface area contributed by atoms with E-state index in [9.17, 15) is 19.2 Å². The van der Waals surface area contributed by atoms with Gasteiger partial charge in [-0.15, -0.1) is 0 Å². The van der Waals surface area contributed by atoms with Gasteiger partial charge >= 0.3 is 11.9 Å². The molecular weight excluding hydrogens is 270 g/mol. The van der Waals surface area contributed by atoms with E-state index in [1.54, 1.807) is 13.8 Å². The molecule has 0 rings (SSSR count). The number of hydrogen-bond acceptors (Lipinski definition) is 5. The molecule has 0 bridgehead atoms. The largest absolute Gasteiger partial charge is 0.481 e. The molecule has 9 nitrogen and oxygen atoms in total. The molecule has 0 aromatic rings. The molecule has 0 aliphatic rings. The zero-order valence-electron chi connectivity index (χ0n) is 11.3. The number of aliphatic carboxylic acids is 2. The molecule has 9 heteroatoms. The van der Waals surface area contributed by atoms with Crippen LogP contribution in [0.4, 0.5) is 0 Å². The Balaban J connectivity index is 4.71. The Morgan fingerprint density at radius 1 is 1.05 bits per heavy atom. The van der Waals surface area contributed by atoms with Crippen LogP contribution in [0.2, 0.25) is 0 Å². The molecule has 114 valence electrons. The molecule has 0 saturated carbocycles. The molecule has 0 heterocycles. The summed E-state index contributed by atoms with van der Waals surface area (Å²) in [5.41, 5.74) is 5.58. The molecule has 0 unspecified atom stereocenters. The maximum atomic E-state index is 11.7. The minimum absolute atomic E-state index is 0.192. The van der Waals surface area contributed by atoms with Crippen molar-refractivity contribution in [1.82, 2.24) is 10.6 Å². The van der Waals surface area contributed by atoms with E-state index in [0.29, 0.717) is 0 Å². The quantitative estimate of drug-likeness (QED) is 0.350. The second kappa shape index (κ2) is 8.10. The SMILES string of the molecule is CC(C)[C@H](N)C(=O)N[C@@H](CC(=O)O)C(=O)NCC(=O)O. The minimum atomic E-state index is -1.37. The molecule has 0 saturated heterocycles. The molecule has 0 radical (unpaired) electrons. The van der Waals surface area contributed by atoms with Gasteiger partial charge in [-0.1, -0.05) is 13.8 Å². The number of carboxylic acid groups (broad SMARTS) is 2. The lowest BCUT2D eigenvalue weighted by atomic mass is 10.0. The van der Waals surface area contributed by atoms with Gasteiger partial charge in [0, 0.05) is 0 Å². The third-order valence-electron chi connectivity index (χ3n) is 2.45. The molecule has 20 heavy (non-hydrogen) atoms. The summed E-state index contributed by atoms with van der Waals surface area (Å²) in [5.74, 6) is -4.34. The van der Waals surface area contributed by atoms with E-state index in [1.165, 1.54) is 0 Å². The van der Waals surface area contributed by atoms with E-state index in [1.807, 2.05) is 5.32 Å². The fourth-order valence-corrected chi connectivity index (χ4v) is 1.24. The Hall–Kier alpha value is -2.16. The second-order valence-electron chi connectivity index (χ2n) is 4.54.